The van der Waals surface area contributed by atoms with Crippen molar-refractivity contribution in [1.82, 2.24) is 0 Å². The van der Waals surface area contributed by atoms with Crippen LogP contribution < -0.4 is 0 Å². The molecule has 0 aromatic rings. The van der Waals surface area contributed by atoms with Crippen LogP contribution in [0.15, 0.2) is 23.3 Å². The summed E-state index contributed by atoms with van der Waals surface area (Å²) in [6, 6.07) is 0. The van der Waals surface area contributed by atoms with Crippen LogP contribution in [0.3, 0.4) is 0 Å². The van der Waals surface area contributed by atoms with E-state index >= 15 is 0 Å². The van der Waals surface area contributed by atoms with Crippen molar-refractivity contribution in [3.63, 3.8) is 0 Å². The van der Waals surface area contributed by atoms with E-state index in [2.05, 4.69) is 53.7 Å². The average molecular weight is 166 g/mol. The summed E-state index contributed by atoms with van der Waals surface area (Å²) in [4.78, 5) is 0. The highest BCUT2D eigenvalue weighted by atomic mass is 14.2. The minimum absolute atomic E-state index is 0.672. The standard InChI is InChI=1S/C12H22/c1-7-9(3)11(5)12(6)10(4)8-2/h7-8,11-12H,1-6H3/b9-7+,10-8+/t11-,12+. The van der Waals surface area contributed by atoms with Crippen molar-refractivity contribution in [1.29, 1.82) is 0 Å². The lowest BCUT2D eigenvalue weighted by molar-refractivity contribution is 0.502. The Bertz CT molecular complexity index is 162. The SMILES string of the molecule is C/C=C(\C)[C@@H](C)[C@@H](C)/C(C)=C/C. The third kappa shape index (κ3) is 2.84. The molecule has 0 radical (unpaired) electrons. The van der Waals surface area contributed by atoms with Gasteiger partial charge in [0.1, 0.15) is 0 Å². The second kappa shape index (κ2) is 5.18. The van der Waals surface area contributed by atoms with Crippen LogP contribution in [0.25, 0.3) is 0 Å². The molecular formula is C12H22. The van der Waals surface area contributed by atoms with Gasteiger partial charge in [0.15, 0.2) is 0 Å². The maximum Gasteiger partial charge on any atom is -0.0172 e. The highest BCUT2D eigenvalue weighted by molar-refractivity contribution is 5.10. The third-order valence-electron chi connectivity index (χ3n) is 3.10. The molecule has 0 nitrogen and oxygen atoms in total. The van der Waals surface area contributed by atoms with Crippen LogP contribution >= 0.6 is 0 Å². The van der Waals surface area contributed by atoms with Gasteiger partial charge in [0.05, 0.1) is 0 Å². The molecule has 0 aliphatic rings. The molecule has 0 bridgehead atoms. The Balaban J connectivity index is 4.39. The second-order valence-electron chi connectivity index (χ2n) is 3.64. The highest BCUT2D eigenvalue weighted by Gasteiger charge is 2.13. The van der Waals surface area contributed by atoms with Gasteiger partial charge in [-0.3, -0.25) is 0 Å². The van der Waals surface area contributed by atoms with Crippen LogP contribution in [0.4, 0.5) is 0 Å². The smallest absolute Gasteiger partial charge is 0.0172 e. The van der Waals surface area contributed by atoms with E-state index in [1.165, 1.54) is 11.1 Å². The van der Waals surface area contributed by atoms with Crippen molar-refractivity contribution >= 4 is 0 Å². The predicted octanol–water partition coefficient (Wildman–Crippen LogP) is 4.19. The quantitative estimate of drug-likeness (QED) is 0.551. The molecule has 0 fully saturated rings. The first-order valence-electron chi connectivity index (χ1n) is 4.80. The molecule has 12 heavy (non-hydrogen) atoms. The van der Waals surface area contributed by atoms with E-state index in [0.29, 0.717) is 11.8 Å². The normalized spacial score (nSPS) is 19.2. The molecule has 0 N–H and O–H groups in total. The summed E-state index contributed by atoms with van der Waals surface area (Å²) in [5, 5.41) is 0. The third-order valence-corrected chi connectivity index (χ3v) is 3.10. The minimum Gasteiger partial charge on any atom is -0.0884 e. The van der Waals surface area contributed by atoms with Crippen molar-refractivity contribution in [2.24, 2.45) is 11.8 Å². The fourth-order valence-corrected chi connectivity index (χ4v) is 1.31. The Kier molecular flexibility index (Phi) is 4.96. The second-order valence-corrected chi connectivity index (χ2v) is 3.64. The Morgan fingerprint density at radius 1 is 0.833 bits per heavy atom. The largest absolute Gasteiger partial charge is 0.0884 e. The molecule has 0 aromatic carbocycles. The summed E-state index contributed by atoms with van der Waals surface area (Å²) in [6.45, 7) is 13.3. The molecule has 0 saturated heterocycles. The van der Waals surface area contributed by atoms with Crippen LogP contribution in [-0.2, 0) is 0 Å². The maximum atomic E-state index is 2.30. The van der Waals surface area contributed by atoms with Crippen molar-refractivity contribution in [2.45, 2.75) is 41.5 Å². The zero-order valence-corrected chi connectivity index (χ0v) is 9.31. The fourth-order valence-electron chi connectivity index (χ4n) is 1.31. The van der Waals surface area contributed by atoms with Crippen molar-refractivity contribution in [3.8, 4) is 0 Å². The van der Waals surface area contributed by atoms with E-state index in [0.717, 1.165) is 0 Å². The molecule has 0 saturated carbocycles. The number of rotatable bonds is 3. The molecule has 0 aromatic heterocycles. The highest BCUT2D eigenvalue weighted by Crippen LogP contribution is 2.25. The van der Waals surface area contributed by atoms with Gasteiger partial charge in [0.2, 0.25) is 0 Å². The molecule has 70 valence electrons. The summed E-state index contributed by atoms with van der Waals surface area (Å²) < 4.78 is 0. The summed E-state index contributed by atoms with van der Waals surface area (Å²) in [5.74, 6) is 1.34. The lowest BCUT2D eigenvalue weighted by Gasteiger charge is -2.21. The number of allylic oxidation sites excluding steroid dienone is 4. The first-order chi connectivity index (χ1) is 5.54. The van der Waals surface area contributed by atoms with Crippen LogP contribution in [0, 0.1) is 11.8 Å². The van der Waals surface area contributed by atoms with Crippen molar-refractivity contribution in [3.05, 3.63) is 23.3 Å². The van der Waals surface area contributed by atoms with Gasteiger partial charge >= 0.3 is 0 Å². The van der Waals surface area contributed by atoms with Crippen LogP contribution in [0.1, 0.15) is 41.5 Å². The average Bonchev–Trinajstić information content (AvgIpc) is 2.12. The van der Waals surface area contributed by atoms with E-state index in [9.17, 15) is 0 Å². The van der Waals surface area contributed by atoms with E-state index < -0.39 is 0 Å². The van der Waals surface area contributed by atoms with Gasteiger partial charge in [0, 0.05) is 0 Å². The van der Waals surface area contributed by atoms with Gasteiger partial charge in [-0.05, 0) is 39.5 Å². The molecule has 0 heterocycles. The molecule has 0 aliphatic heterocycles. The topological polar surface area (TPSA) is 0 Å². The molecule has 0 heteroatoms. The predicted molar refractivity (Wildman–Crippen MR) is 57.2 cm³/mol. The number of hydrogen-bond donors (Lipinski definition) is 0. The minimum atomic E-state index is 0.672. The maximum absolute atomic E-state index is 2.30. The van der Waals surface area contributed by atoms with Gasteiger partial charge in [-0.1, -0.05) is 37.1 Å². The van der Waals surface area contributed by atoms with Crippen LogP contribution in [-0.4, -0.2) is 0 Å². The molecule has 2 atom stereocenters. The van der Waals surface area contributed by atoms with Crippen molar-refractivity contribution < 1.29 is 0 Å². The fraction of sp³-hybridized carbons (Fsp3) is 0.667. The molecule has 0 spiro atoms. The van der Waals surface area contributed by atoms with Crippen LogP contribution in [0.5, 0.6) is 0 Å². The Morgan fingerprint density at radius 2 is 1.08 bits per heavy atom. The van der Waals surface area contributed by atoms with Crippen molar-refractivity contribution in [2.75, 3.05) is 0 Å². The van der Waals surface area contributed by atoms with Gasteiger partial charge in [-0.2, -0.15) is 0 Å². The first kappa shape index (κ1) is 11.5. The Labute approximate surface area is 77.4 Å². The zero-order valence-electron chi connectivity index (χ0n) is 9.31. The molecular weight excluding hydrogens is 144 g/mol. The molecule has 0 aliphatic carbocycles. The van der Waals surface area contributed by atoms with Gasteiger partial charge in [-0.15, -0.1) is 0 Å². The van der Waals surface area contributed by atoms with E-state index in [4.69, 9.17) is 0 Å². The Hall–Kier alpha value is -0.520. The van der Waals surface area contributed by atoms with Crippen LogP contribution in [0.2, 0.25) is 0 Å². The number of hydrogen-bond acceptors (Lipinski definition) is 0. The monoisotopic (exact) mass is 166 g/mol. The van der Waals surface area contributed by atoms with E-state index in [-0.39, 0.29) is 0 Å². The summed E-state index contributed by atoms with van der Waals surface area (Å²) in [7, 11) is 0. The molecule has 0 unspecified atom stereocenters. The Morgan fingerprint density at radius 3 is 1.25 bits per heavy atom. The summed E-state index contributed by atoms with van der Waals surface area (Å²) >= 11 is 0. The molecule has 0 amide bonds. The van der Waals surface area contributed by atoms with E-state index in [1.54, 1.807) is 0 Å². The molecule has 0 rings (SSSR count). The lowest BCUT2D eigenvalue weighted by atomic mass is 9.84. The van der Waals surface area contributed by atoms with E-state index in [1.807, 2.05) is 0 Å². The summed E-state index contributed by atoms with van der Waals surface area (Å²) in [6.07, 6.45) is 4.42. The van der Waals surface area contributed by atoms with Gasteiger partial charge in [0.25, 0.3) is 0 Å². The summed E-state index contributed by atoms with van der Waals surface area (Å²) in [5.41, 5.74) is 2.98. The zero-order chi connectivity index (χ0) is 9.72. The van der Waals surface area contributed by atoms with Gasteiger partial charge < -0.3 is 0 Å². The lowest BCUT2D eigenvalue weighted by Crippen LogP contribution is -2.10. The first-order valence-corrected chi connectivity index (χ1v) is 4.80. The van der Waals surface area contributed by atoms with Gasteiger partial charge in [-0.25, -0.2) is 0 Å².